The van der Waals surface area contributed by atoms with Crippen LogP contribution in [-0.4, -0.2) is 14.7 Å². The molecule has 130 valence electrons. The molecule has 0 bridgehead atoms. The summed E-state index contributed by atoms with van der Waals surface area (Å²) >= 11 is 7.15. The zero-order valence-corrected chi connectivity index (χ0v) is 15.0. The summed E-state index contributed by atoms with van der Waals surface area (Å²) in [6.45, 7) is 1.27. The van der Waals surface area contributed by atoms with Crippen molar-refractivity contribution in [1.29, 1.82) is 0 Å². The van der Waals surface area contributed by atoms with Gasteiger partial charge in [-0.2, -0.15) is 13.2 Å². The first-order chi connectivity index (χ1) is 11.0. The van der Waals surface area contributed by atoms with E-state index in [-0.39, 0.29) is 11.3 Å². The molecule has 0 aliphatic heterocycles. The maximum Gasteiger partial charge on any atom is 0.416 e. The predicted octanol–water partition coefficient (Wildman–Crippen LogP) is 5.19. The Balaban J connectivity index is 2.47. The number of anilines is 1. The standard InChI is InChI=1S/C15H13ClF3NO2S2/c1-9-3-5-11(8-12(9)15(17,18)19)24(21,22)20-13-7-10(16)4-6-14(13)23-2/h3-8,20H,1-2H3. The average molecular weight is 396 g/mol. The fourth-order valence-electron chi connectivity index (χ4n) is 2.04. The molecule has 0 atom stereocenters. The van der Waals surface area contributed by atoms with Crippen molar-refractivity contribution in [2.45, 2.75) is 22.9 Å². The zero-order valence-electron chi connectivity index (χ0n) is 12.6. The Morgan fingerprint density at radius 1 is 1.12 bits per heavy atom. The van der Waals surface area contributed by atoms with E-state index in [0.29, 0.717) is 16.0 Å². The zero-order chi connectivity index (χ0) is 18.1. The highest BCUT2D eigenvalue weighted by atomic mass is 35.5. The van der Waals surface area contributed by atoms with E-state index in [0.717, 1.165) is 12.1 Å². The van der Waals surface area contributed by atoms with Gasteiger partial charge in [-0.3, -0.25) is 4.72 Å². The third kappa shape index (κ3) is 4.17. The van der Waals surface area contributed by atoms with Crippen molar-refractivity contribution in [3.63, 3.8) is 0 Å². The SMILES string of the molecule is CSc1ccc(Cl)cc1NS(=O)(=O)c1ccc(C)c(C(F)(F)F)c1. The first-order valence-electron chi connectivity index (χ1n) is 6.59. The molecule has 2 aromatic rings. The molecule has 0 amide bonds. The Morgan fingerprint density at radius 2 is 1.79 bits per heavy atom. The number of thioether (sulfide) groups is 1. The van der Waals surface area contributed by atoms with Gasteiger partial charge >= 0.3 is 6.18 Å². The van der Waals surface area contributed by atoms with E-state index in [9.17, 15) is 21.6 Å². The van der Waals surface area contributed by atoms with Crippen LogP contribution >= 0.6 is 23.4 Å². The van der Waals surface area contributed by atoms with E-state index in [1.807, 2.05) is 0 Å². The Kier molecular flexibility index (Phi) is 5.41. The topological polar surface area (TPSA) is 46.2 Å². The fourth-order valence-corrected chi connectivity index (χ4v) is 3.90. The summed E-state index contributed by atoms with van der Waals surface area (Å²) in [5.41, 5.74) is -0.820. The summed E-state index contributed by atoms with van der Waals surface area (Å²) in [6, 6.07) is 7.52. The maximum absolute atomic E-state index is 13.0. The van der Waals surface area contributed by atoms with Gasteiger partial charge in [0.1, 0.15) is 0 Å². The van der Waals surface area contributed by atoms with Gasteiger partial charge in [0.05, 0.1) is 16.1 Å². The Hall–Kier alpha value is -1.38. The van der Waals surface area contributed by atoms with E-state index < -0.39 is 26.7 Å². The van der Waals surface area contributed by atoms with Crippen molar-refractivity contribution in [1.82, 2.24) is 0 Å². The highest BCUT2D eigenvalue weighted by Crippen LogP contribution is 2.34. The first kappa shape index (κ1) is 19.0. The van der Waals surface area contributed by atoms with Gasteiger partial charge in [0.2, 0.25) is 0 Å². The smallest absolute Gasteiger partial charge is 0.278 e. The van der Waals surface area contributed by atoms with E-state index >= 15 is 0 Å². The van der Waals surface area contributed by atoms with E-state index in [4.69, 9.17) is 11.6 Å². The van der Waals surface area contributed by atoms with Crippen LogP contribution < -0.4 is 4.72 Å². The molecule has 2 aromatic carbocycles. The Labute approximate surface area is 147 Å². The lowest BCUT2D eigenvalue weighted by Crippen LogP contribution is -2.16. The van der Waals surface area contributed by atoms with Crippen molar-refractivity contribution in [3.8, 4) is 0 Å². The first-order valence-corrected chi connectivity index (χ1v) is 9.67. The van der Waals surface area contributed by atoms with Gasteiger partial charge in [0.15, 0.2) is 0 Å². The van der Waals surface area contributed by atoms with Gasteiger partial charge < -0.3 is 0 Å². The van der Waals surface area contributed by atoms with Gasteiger partial charge in [0.25, 0.3) is 10.0 Å². The van der Waals surface area contributed by atoms with Crippen molar-refractivity contribution in [2.75, 3.05) is 11.0 Å². The number of hydrogen-bond acceptors (Lipinski definition) is 3. The highest BCUT2D eigenvalue weighted by molar-refractivity contribution is 7.99. The lowest BCUT2D eigenvalue weighted by molar-refractivity contribution is -0.138. The quantitative estimate of drug-likeness (QED) is 0.724. The summed E-state index contributed by atoms with van der Waals surface area (Å²) in [6.07, 6.45) is -2.88. The van der Waals surface area contributed by atoms with Crippen molar-refractivity contribution in [3.05, 3.63) is 52.5 Å². The van der Waals surface area contributed by atoms with E-state index in [1.165, 1.54) is 24.8 Å². The minimum atomic E-state index is -4.63. The van der Waals surface area contributed by atoms with Crippen LogP contribution in [0.4, 0.5) is 18.9 Å². The lowest BCUT2D eigenvalue weighted by Gasteiger charge is -2.15. The van der Waals surface area contributed by atoms with E-state index in [1.54, 1.807) is 18.4 Å². The van der Waals surface area contributed by atoms with Crippen molar-refractivity contribution >= 4 is 39.1 Å². The van der Waals surface area contributed by atoms with Crippen LogP contribution in [0.1, 0.15) is 11.1 Å². The lowest BCUT2D eigenvalue weighted by atomic mass is 10.1. The van der Waals surface area contributed by atoms with Gasteiger partial charge in [-0.25, -0.2) is 8.42 Å². The molecule has 0 aromatic heterocycles. The molecule has 0 saturated heterocycles. The van der Waals surface area contributed by atoms with Crippen molar-refractivity contribution < 1.29 is 21.6 Å². The summed E-state index contributed by atoms with van der Waals surface area (Å²) in [5, 5.41) is 0.311. The normalized spacial score (nSPS) is 12.2. The second-order valence-corrected chi connectivity index (χ2v) is 7.89. The van der Waals surface area contributed by atoms with Crippen LogP contribution in [0, 0.1) is 6.92 Å². The van der Waals surface area contributed by atoms with Crippen LogP contribution in [0.2, 0.25) is 5.02 Å². The molecule has 24 heavy (non-hydrogen) atoms. The van der Waals surface area contributed by atoms with Gasteiger partial charge in [-0.1, -0.05) is 17.7 Å². The Morgan fingerprint density at radius 3 is 2.38 bits per heavy atom. The number of alkyl halides is 3. The fraction of sp³-hybridized carbons (Fsp3) is 0.200. The molecule has 0 radical (unpaired) electrons. The monoisotopic (exact) mass is 395 g/mol. The van der Waals surface area contributed by atoms with Crippen LogP contribution in [0.5, 0.6) is 0 Å². The molecule has 0 saturated carbocycles. The molecule has 9 heteroatoms. The van der Waals surface area contributed by atoms with Crippen LogP contribution in [0.15, 0.2) is 46.2 Å². The van der Waals surface area contributed by atoms with Gasteiger partial charge in [-0.05, 0) is 49.1 Å². The molecule has 0 unspecified atom stereocenters. The largest absolute Gasteiger partial charge is 0.416 e. The summed E-state index contributed by atoms with van der Waals surface area (Å²) in [4.78, 5) is 0.138. The number of nitrogens with one attached hydrogen (secondary N) is 1. The third-order valence-electron chi connectivity index (χ3n) is 3.23. The predicted molar refractivity (Wildman–Crippen MR) is 90.2 cm³/mol. The maximum atomic E-state index is 13.0. The molecule has 0 fully saturated rings. The number of halogens is 4. The second-order valence-electron chi connectivity index (χ2n) is 4.92. The molecule has 0 heterocycles. The highest BCUT2D eigenvalue weighted by Gasteiger charge is 2.33. The van der Waals surface area contributed by atoms with Gasteiger partial charge in [-0.15, -0.1) is 11.8 Å². The number of sulfonamides is 1. The third-order valence-corrected chi connectivity index (χ3v) is 5.62. The number of aryl methyl sites for hydroxylation is 1. The minimum absolute atomic E-state index is 0.0472. The summed E-state index contributed by atoms with van der Waals surface area (Å²) < 4.78 is 66.1. The molecule has 0 aliphatic rings. The summed E-state index contributed by atoms with van der Waals surface area (Å²) in [7, 11) is -4.18. The van der Waals surface area contributed by atoms with E-state index in [2.05, 4.69) is 4.72 Å². The number of benzene rings is 2. The number of hydrogen-bond donors (Lipinski definition) is 1. The molecular weight excluding hydrogens is 383 g/mol. The average Bonchev–Trinajstić information content (AvgIpc) is 2.46. The molecule has 2 rings (SSSR count). The molecule has 0 aliphatic carbocycles. The van der Waals surface area contributed by atoms with Crippen LogP contribution in [0.3, 0.4) is 0 Å². The Bertz CT molecular complexity index is 868. The van der Waals surface area contributed by atoms with Crippen LogP contribution in [-0.2, 0) is 16.2 Å². The molecule has 1 N–H and O–H groups in total. The van der Waals surface area contributed by atoms with Crippen LogP contribution in [0.25, 0.3) is 0 Å². The molecule has 3 nitrogen and oxygen atoms in total. The molecule has 0 spiro atoms. The summed E-state index contributed by atoms with van der Waals surface area (Å²) in [5.74, 6) is 0. The second kappa shape index (κ2) is 6.85. The molecular formula is C15H13ClF3NO2S2. The minimum Gasteiger partial charge on any atom is -0.278 e. The van der Waals surface area contributed by atoms with Gasteiger partial charge in [0, 0.05) is 9.92 Å². The number of rotatable bonds is 4. The van der Waals surface area contributed by atoms with Crippen molar-refractivity contribution in [2.24, 2.45) is 0 Å².